The minimum atomic E-state index is -0.333. The highest BCUT2D eigenvalue weighted by Crippen LogP contribution is 2.38. The normalized spacial score (nSPS) is 20.5. The molecule has 0 aliphatic carbocycles. The molecule has 4 aliphatic rings. The number of fused-ring (bicyclic) bond motifs is 3. The lowest BCUT2D eigenvalue weighted by molar-refractivity contribution is -0.00921. The van der Waals surface area contributed by atoms with E-state index >= 15 is 0 Å². The summed E-state index contributed by atoms with van der Waals surface area (Å²) in [7, 11) is 0. The van der Waals surface area contributed by atoms with Gasteiger partial charge in [0.05, 0.1) is 23.5 Å². The van der Waals surface area contributed by atoms with Crippen LogP contribution < -0.4 is 10.2 Å². The number of pyridine rings is 2. The SMILES string of the molecule is N#Cc1cnc2[nH]c(-c3cnn(C4CCNCC4)c3)cc2c1-c1ccc(N2CC3CC(C2)N3Cc2cc(F)ccc2O)nc1. The summed E-state index contributed by atoms with van der Waals surface area (Å²) < 4.78 is 15.8. The van der Waals surface area contributed by atoms with Gasteiger partial charge in [0.2, 0.25) is 0 Å². The van der Waals surface area contributed by atoms with Crippen LogP contribution in [-0.2, 0) is 6.54 Å². The molecule has 8 heterocycles. The number of halogens is 1. The number of anilines is 1. The smallest absolute Gasteiger partial charge is 0.138 e. The Morgan fingerprint density at radius 1 is 0.977 bits per heavy atom. The zero-order valence-electron chi connectivity index (χ0n) is 24.1. The largest absolute Gasteiger partial charge is 0.508 e. The first-order valence-corrected chi connectivity index (χ1v) is 15.2. The molecular formula is C33H32FN9O. The zero-order valence-corrected chi connectivity index (χ0v) is 24.1. The second-order valence-corrected chi connectivity index (χ2v) is 12.1. The molecule has 3 N–H and O–H groups in total. The number of benzene rings is 1. The Morgan fingerprint density at radius 3 is 2.59 bits per heavy atom. The van der Waals surface area contributed by atoms with E-state index in [1.54, 1.807) is 6.20 Å². The predicted molar refractivity (Wildman–Crippen MR) is 164 cm³/mol. The number of aromatic amines is 1. The molecule has 1 aromatic carbocycles. The molecule has 2 unspecified atom stereocenters. The van der Waals surface area contributed by atoms with Crippen LogP contribution >= 0.6 is 0 Å². The number of aromatic nitrogens is 5. The van der Waals surface area contributed by atoms with Crippen molar-refractivity contribution in [1.82, 2.24) is 34.9 Å². The molecule has 4 aliphatic heterocycles. The summed E-state index contributed by atoms with van der Waals surface area (Å²) in [5.74, 6) is 0.690. The number of hydrogen-bond donors (Lipinski definition) is 3. The third-order valence-corrected chi connectivity index (χ3v) is 9.47. The lowest BCUT2D eigenvalue weighted by Crippen LogP contribution is -2.68. The number of H-pyrrole nitrogens is 1. The number of piperidine rings is 2. The standard InChI is InChI=1S/C33H32FN9O/c34-24-2-3-30(44)21(9-24)16-42-26-10-27(42)19-41(18-26)31-4-1-20(13-37-31)32-22(12-35)14-38-33-28(32)11-29(40-33)23-15-39-43(17-23)25-5-7-36-8-6-25/h1-4,9,11,13-15,17,25-27,36,44H,5-8,10,16,18-19H2,(H,38,40). The Bertz CT molecular complexity index is 1870. The summed E-state index contributed by atoms with van der Waals surface area (Å²) in [6, 6.07) is 13.6. The van der Waals surface area contributed by atoms with Crippen molar-refractivity contribution in [2.24, 2.45) is 0 Å². The van der Waals surface area contributed by atoms with Crippen LogP contribution in [0.4, 0.5) is 10.2 Å². The van der Waals surface area contributed by atoms with Gasteiger partial charge >= 0.3 is 0 Å². The number of nitriles is 1. The number of aromatic hydroxyl groups is 1. The van der Waals surface area contributed by atoms with Crippen molar-refractivity contribution >= 4 is 16.9 Å². The minimum Gasteiger partial charge on any atom is -0.508 e. The fourth-order valence-electron chi connectivity index (χ4n) is 7.10. The van der Waals surface area contributed by atoms with E-state index in [0.717, 1.165) is 79.0 Å². The van der Waals surface area contributed by atoms with Crippen molar-refractivity contribution in [1.29, 1.82) is 5.26 Å². The van der Waals surface area contributed by atoms with Crippen molar-refractivity contribution in [2.45, 2.75) is 43.9 Å². The van der Waals surface area contributed by atoms with Gasteiger partial charge in [-0.1, -0.05) is 0 Å². The summed E-state index contributed by atoms with van der Waals surface area (Å²) in [5.41, 5.74) is 5.41. The van der Waals surface area contributed by atoms with Gasteiger partial charge in [-0.25, -0.2) is 14.4 Å². The van der Waals surface area contributed by atoms with Crippen LogP contribution in [0.3, 0.4) is 0 Å². The molecule has 11 heteroatoms. The number of rotatable bonds is 6. The van der Waals surface area contributed by atoms with Gasteiger partial charge in [-0.2, -0.15) is 10.4 Å². The fourth-order valence-corrected chi connectivity index (χ4v) is 7.10. The van der Waals surface area contributed by atoms with Gasteiger partial charge in [-0.3, -0.25) is 9.58 Å². The Balaban J connectivity index is 1.02. The Kier molecular flexibility index (Phi) is 6.54. The van der Waals surface area contributed by atoms with Gasteiger partial charge in [0, 0.05) is 77.9 Å². The van der Waals surface area contributed by atoms with Crippen LogP contribution in [0.5, 0.6) is 5.75 Å². The van der Waals surface area contributed by atoms with Gasteiger partial charge in [0.15, 0.2) is 0 Å². The van der Waals surface area contributed by atoms with Crippen molar-refractivity contribution in [3.63, 3.8) is 0 Å². The van der Waals surface area contributed by atoms with Gasteiger partial charge in [-0.05, 0) is 68.8 Å². The van der Waals surface area contributed by atoms with Crippen LogP contribution in [0, 0.1) is 17.1 Å². The lowest BCUT2D eigenvalue weighted by Gasteiger charge is -2.56. The van der Waals surface area contributed by atoms with Gasteiger partial charge in [0.1, 0.15) is 29.1 Å². The summed E-state index contributed by atoms with van der Waals surface area (Å²) in [6.45, 7) is 4.17. The average molecular weight is 590 g/mol. The van der Waals surface area contributed by atoms with Crippen LogP contribution in [0.15, 0.2) is 61.2 Å². The molecule has 2 atom stereocenters. The van der Waals surface area contributed by atoms with E-state index in [1.165, 1.54) is 18.2 Å². The van der Waals surface area contributed by atoms with Crippen LogP contribution in [0.2, 0.25) is 0 Å². The highest BCUT2D eigenvalue weighted by Gasteiger charge is 2.45. The van der Waals surface area contributed by atoms with Gasteiger partial charge in [-0.15, -0.1) is 0 Å². The van der Waals surface area contributed by atoms with Gasteiger partial charge in [0.25, 0.3) is 0 Å². The first-order chi connectivity index (χ1) is 21.5. The van der Waals surface area contributed by atoms with Crippen molar-refractivity contribution in [3.8, 4) is 34.2 Å². The van der Waals surface area contributed by atoms with E-state index in [1.807, 2.05) is 24.5 Å². The molecule has 4 fully saturated rings. The van der Waals surface area contributed by atoms with E-state index in [4.69, 9.17) is 4.98 Å². The summed E-state index contributed by atoms with van der Waals surface area (Å²) in [5, 5.41) is 29.1. The Morgan fingerprint density at radius 2 is 1.82 bits per heavy atom. The molecular weight excluding hydrogens is 557 g/mol. The minimum absolute atomic E-state index is 0.134. The quantitative estimate of drug-likeness (QED) is 0.263. The molecule has 44 heavy (non-hydrogen) atoms. The molecule has 5 aromatic rings. The molecule has 0 saturated carbocycles. The molecule has 4 saturated heterocycles. The highest BCUT2D eigenvalue weighted by atomic mass is 19.1. The van der Waals surface area contributed by atoms with Crippen molar-refractivity contribution < 1.29 is 9.50 Å². The highest BCUT2D eigenvalue weighted by molar-refractivity contribution is 5.98. The van der Waals surface area contributed by atoms with E-state index < -0.39 is 0 Å². The number of nitrogens with zero attached hydrogens (tertiary/aromatic N) is 7. The predicted octanol–water partition coefficient (Wildman–Crippen LogP) is 4.59. The number of hydrogen-bond acceptors (Lipinski definition) is 8. The Hall–Kier alpha value is -4.79. The summed E-state index contributed by atoms with van der Waals surface area (Å²) in [6.07, 6.45) is 10.6. The van der Waals surface area contributed by atoms with E-state index in [0.29, 0.717) is 41.4 Å². The molecule has 9 rings (SSSR count). The lowest BCUT2D eigenvalue weighted by atomic mass is 9.86. The molecule has 4 aromatic heterocycles. The number of phenols is 1. The van der Waals surface area contributed by atoms with E-state index in [-0.39, 0.29) is 11.6 Å². The monoisotopic (exact) mass is 589 g/mol. The maximum Gasteiger partial charge on any atom is 0.138 e. The van der Waals surface area contributed by atoms with Crippen molar-refractivity contribution in [2.75, 3.05) is 31.1 Å². The maximum atomic E-state index is 13.8. The molecule has 0 radical (unpaired) electrons. The second kappa shape index (κ2) is 10.7. The van der Waals surface area contributed by atoms with Crippen molar-refractivity contribution in [3.05, 3.63) is 78.1 Å². The summed E-state index contributed by atoms with van der Waals surface area (Å²) >= 11 is 0. The fraction of sp³-hybridized carbons (Fsp3) is 0.333. The molecule has 222 valence electrons. The van der Waals surface area contributed by atoms with E-state index in [2.05, 4.69) is 53.2 Å². The van der Waals surface area contributed by atoms with Crippen LogP contribution in [0.1, 0.15) is 36.4 Å². The third-order valence-electron chi connectivity index (χ3n) is 9.47. The maximum absolute atomic E-state index is 13.8. The number of piperazine rings is 1. The molecule has 2 bridgehead atoms. The topological polar surface area (TPSA) is 122 Å². The second-order valence-electron chi connectivity index (χ2n) is 12.1. The first-order valence-electron chi connectivity index (χ1n) is 15.2. The first kappa shape index (κ1) is 26.8. The van der Waals surface area contributed by atoms with E-state index in [9.17, 15) is 14.8 Å². The Labute approximate surface area is 253 Å². The molecule has 10 nitrogen and oxygen atoms in total. The van der Waals surface area contributed by atoms with Crippen LogP contribution in [-0.4, -0.2) is 73.0 Å². The average Bonchev–Trinajstić information content (AvgIpc) is 3.73. The molecule has 0 spiro atoms. The number of phenolic OH excluding ortho intramolecular Hbond substituents is 1. The number of nitrogens with one attached hydrogen (secondary N) is 2. The van der Waals surface area contributed by atoms with Gasteiger partial charge < -0.3 is 20.3 Å². The third kappa shape index (κ3) is 4.67. The molecule has 0 amide bonds. The van der Waals surface area contributed by atoms with Crippen LogP contribution in [0.25, 0.3) is 33.4 Å². The zero-order chi connectivity index (χ0) is 29.8. The summed E-state index contributed by atoms with van der Waals surface area (Å²) in [4.78, 5) is 17.4.